The minimum absolute atomic E-state index is 0.267. The lowest BCUT2D eigenvalue weighted by Gasteiger charge is -2.36. The number of nitrogen functional groups attached to an aromatic ring is 1. The molecule has 0 amide bonds. The first-order valence-corrected chi connectivity index (χ1v) is 6.36. The van der Waals surface area contributed by atoms with E-state index in [0.717, 1.165) is 17.9 Å². The van der Waals surface area contributed by atoms with Gasteiger partial charge in [0.2, 0.25) is 0 Å². The lowest BCUT2D eigenvalue weighted by Crippen LogP contribution is -2.44. The average molecular weight is 234 g/mol. The molecule has 0 saturated heterocycles. The second kappa shape index (κ2) is 5.41. The Balaban J connectivity index is 2.08. The SMILES string of the molecule is CN(C)C1CCCCC1Oc1ccccc1N. The van der Waals surface area contributed by atoms with Gasteiger partial charge in [0, 0.05) is 6.04 Å². The van der Waals surface area contributed by atoms with Gasteiger partial charge in [-0.05, 0) is 45.5 Å². The topological polar surface area (TPSA) is 38.5 Å². The van der Waals surface area contributed by atoms with Crippen LogP contribution in [0.1, 0.15) is 25.7 Å². The van der Waals surface area contributed by atoms with Crippen LogP contribution in [0.4, 0.5) is 5.69 Å². The molecule has 0 radical (unpaired) electrons. The third-order valence-corrected chi connectivity index (χ3v) is 3.53. The lowest BCUT2D eigenvalue weighted by atomic mass is 9.91. The quantitative estimate of drug-likeness (QED) is 0.817. The van der Waals surface area contributed by atoms with Crippen LogP contribution in [0.15, 0.2) is 24.3 Å². The zero-order valence-electron chi connectivity index (χ0n) is 10.7. The predicted molar refractivity (Wildman–Crippen MR) is 71.2 cm³/mol. The number of nitrogens with two attached hydrogens (primary N) is 1. The van der Waals surface area contributed by atoms with Crippen LogP contribution >= 0.6 is 0 Å². The fraction of sp³-hybridized carbons (Fsp3) is 0.571. The number of anilines is 1. The molecular weight excluding hydrogens is 212 g/mol. The Morgan fingerprint density at radius 3 is 2.59 bits per heavy atom. The predicted octanol–water partition coefficient (Wildman–Crippen LogP) is 2.52. The van der Waals surface area contributed by atoms with E-state index in [0.29, 0.717) is 6.04 Å². The zero-order valence-corrected chi connectivity index (χ0v) is 10.7. The number of likely N-dealkylation sites (N-methyl/N-ethyl adjacent to an activating group) is 1. The summed E-state index contributed by atoms with van der Waals surface area (Å²) in [5.41, 5.74) is 6.65. The molecule has 94 valence electrons. The third kappa shape index (κ3) is 2.91. The Morgan fingerprint density at radius 2 is 1.88 bits per heavy atom. The molecule has 3 heteroatoms. The Labute approximate surface area is 104 Å². The average Bonchev–Trinajstić information content (AvgIpc) is 2.32. The summed E-state index contributed by atoms with van der Waals surface area (Å²) in [6.07, 6.45) is 5.15. The molecule has 1 aromatic carbocycles. The molecule has 2 atom stereocenters. The van der Waals surface area contributed by atoms with Crippen LogP contribution in [0.25, 0.3) is 0 Å². The van der Waals surface area contributed by atoms with Crippen molar-refractivity contribution in [1.82, 2.24) is 4.90 Å². The van der Waals surface area contributed by atoms with E-state index in [2.05, 4.69) is 19.0 Å². The molecule has 1 aliphatic rings. The van der Waals surface area contributed by atoms with Gasteiger partial charge in [-0.2, -0.15) is 0 Å². The molecule has 0 aromatic heterocycles. The smallest absolute Gasteiger partial charge is 0.142 e. The van der Waals surface area contributed by atoms with Gasteiger partial charge in [0.05, 0.1) is 5.69 Å². The van der Waals surface area contributed by atoms with Crippen molar-refractivity contribution in [2.75, 3.05) is 19.8 Å². The number of benzene rings is 1. The first kappa shape index (κ1) is 12.2. The van der Waals surface area contributed by atoms with Crippen LogP contribution in [0.5, 0.6) is 5.75 Å². The van der Waals surface area contributed by atoms with Crippen LogP contribution < -0.4 is 10.5 Å². The van der Waals surface area contributed by atoms with Gasteiger partial charge in [-0.15, -0.1) is 0 Å². The number of ether oxygens (including phenoxy) is 1. The minimum atomic E-state index is 0.267. The minimum Gasteiger partial charge on any atom is -0.487 e. The molecule has 0 spiro atoms. The van der Waals surface area contributed by atoms with E-state index in [4.69, 9.17) is 10.5 Å². The highest BCUT2D eigenvalue weighted by atomic mass is 16.5. The van der Waals surface area contributed by atoms with Gasteiger partial charge in [0.25, 0.3) is 0 Å². The summed E-state index contributed by atoms with van der Waals surface area (Å²) in [6, 6.07) is 8.26. The van der Waals surface area contributed by atoms with Crippen molar-refractivity contribution in [2.45, 2.75) is 37.8 Å². The second-order valence-corrected chi connectivity index (χ2v) is 5.01. The highest BCUT2D eigenvalue weighted by molar-refractivity contribution is 5.51. The van der Waals surface area contributed by atoms with Crippen molar-refractivity contribution in [1.29, 1.82) is 0 Å². The van der Waals surface area contributed by atoms with Crippen molar-refractivity contribution >= 4 is 5.69 Å². The first-order valence-electron chi connectivity index (χ1n) is 6.36. The molecule has 2 N–H and O–H groups in total. The van der Waals surface area contributed by atoms with Crippen LogP contribution in [0.2, 0.25) is 0 Å². The lowest BCUT2D eigenvalue weighted by molar-refractivity contribution is 0.0628. The van der Waals surface area contributed by atoms with E-state index in [1.165, 1.54) is 19.3 Å². The van der Waals surface area contributed by atoms with E-state index in [1.54, 1.807) is 0 Å². The van der Waals surface area contributed by atoms with Gasteiger partial charge < -0.3 is 15.4 Å². The fourth-order valence-corrected chi connectivity index (χ4v) is 2.56. The number of hydrogen-bond acceptors (Lipinski definition) is 3. The number of nitrogens with zero attached hydrogens (tertiary/aromatic N) is 1. The van der Waals surface area contributed by atoms with Crippen molar-refractivity contribution in [2.24, 2.45) is 0 Å². The van der Waals surface area contributed by atoms with Crippen molar-refractivity contribution in [3.05, 3.63) is 24.3 Å². The molecule has 3 nitrogen and oxygen atoms in total. The van der Waals surface area contributed by atoms with Gasteiger partial charge in [0.1, 0.15) is 11.9 Å². The Kier molecular flexibility index (Phi) is 3.89. The monoisotopic (exact) mass is 234 g/mol. The van der Waals surface area contributed by atoms with Gasteiger partial charge in [-0.3, -0.25) is 0 Å². The van der Waals surface area contributed by atoms with Crippen molar-refractivity contribution in [3.63, 3.8) is 0 Å². The molecule has 1 saturated carbocycles. The van der Waals surface area contributed by atoms with Crippen LogP contribution in [0.3, 0.4) is 0 Å². The Hall–Kier alpha value is -1.22. The van der Waals surface area contributed by atoms with Gasteiger partial charge in [-0.1, -0.05) is 18.6 Å². The largest absolute Gasteiger partial charge is 0.487 e. The molecule has 1 aliphatic carbocycles. The van der Waals surface area contributed by atoms with Gasteiger partial charge in [0.15, 0.2) is 0 Å². The van der Waals surface area contributed by atoms with Gasteiger partial charge >= 0.3 is 0 Å². The number of para-hydroxylation sites is 2. The molecule has 17 heavy (non-hydrogen) atoms. The molecule has 2 unspecified atom stereocenters. The summed E-state index contributed by atoms with van der Waals surface area (Å²) in [6.45, 7) is 0. The Morgan fingerprint density at radius 1 is 1.18 bits per heavy atom. The highest BCUT2D eigenvalue weighted by Gasteiger charge is 2.28. The summed E-state index contributed by atoms with van der Waals surface area (Å²) in [4.78, 5) is 2.27. The molecule has 0 heterocycles. The summed E-state index contributed by atoms with van der Waals surface area (Å²) in [5.74, 6) is 0.825. The highest BCUT2D eigenvalue weighted by Crippen LogP contribution is 2.29. The van der Waals surface area contributed by atoms with E-state index in [1.807, 2.05) is 24.3 Å². The third-order valence-electron chi connectivity index (χ3n) is 3.53. The molecular formula is C14H22N2O. The van der Waals surface area contributed by atoms with Crippen molar-refractivity contribution < 1.29 is 4.74 Å². The normalized spacial score (nSPS) is 24.9. The van der Waals surface area contributed by atoms with Crippen molar-refractivity contribution in [3.8, 4) is 5.75 Å². The summed E-state index contributed by atoms with van der Waals surface area (Å²) in [5, 5.41) is 0. The fourth-order valence-electron chi connectivity index (χ4n) is 2.56. The Bertz CT molecular complexity index is 365. The van der Waals surface area contributed by atoms with Gasteiger partial charge in [-0.25, -0.2) is 0 Å². The second-order valence-electron chi connectivity index (χ2n) is 5.01. The maximum Gasteiger partial charge on any atom is 0.142 e. The van der Waals surface area contributed by atoms with Crippen LogP contribution in [-0.2, 0) is 0 Å². The maximum absolute atomic E-state index is 6.09. The molecule has 1 aromatic rings. The first-order chi connectivity index (χ1) is 8.18. The molecule has 1 fully saturated rings. The van der Waals surface area contributed by atoms with E-state index in [-0.39, 0.29) is 6.10 Å². The van der Waals surface area contributed by atoms with E-state index >= 15 is 0 Å². The zero-order chi connectivity index (χ0) is 12.3. The molecule has 0 aliphatic heterocycles. The maximum atomic E-state index is 6.09. The number of rotatable bonds is 3. The standard InChI is InChI=1S/C14H22N2O/c1-16(2)12-8-4-6-10-14(12)17-13-9-5-3-7-11(13)15/h3,5,7,9,12,14H,4,6,8,10,15H2,1-2H3. The van der Waals surface area contributed by atoms with Crippen LogP contribution in [0, 0.1) is 0 Å². The summed E-state index contributed by atoms with van der Waals surface area (Å²) < 4.78 is 6.09. The number of hydrogen-bond donors (Lipinski definition) is 1. The van der Waals surface area contributed by atoms with Crippen LogP contribution in [-0.4, -0.2) is 31.1 Å². The van der Waals surface area contributed by atoms with E-state index < -0.39 is 0 Å². The summed E-state index contributed by atoms with van der Waals surface area (Å²) >= 11 is 0. The molecule has 2 rings (SSSR count). The van der Waals surface area contributed by atoms with E-state index in [9.17, 15) is 0 Å². The summed E-state index contributed by atoms with van der Waals surface area (Å²) in [7, 11) is 4.25. The molecule has 0 bridgehead atoms.